The van der Waals surface area contributed by atoms with Gasteiger partial charge in [0.15, 0.2) is 0 Å². The predicted molar refractivity (Wildman–Crippen MR) is 77.1 cm³/mol. The molecule has 92 valence electrons. The summed E-state index contributed by atoms with van der Waals surface area (Å²) in [5, 5.41) is 4.98. The summed E-state index contributed by atoms with van der Waals surface area (Å²) in [7, 11) is 0. The van der Waals surface area contributed by atoms with Crippen molar-refractivity contribution in [3.8, 4) is 0 Å². The van der Waals surface area contributed by atoms with Crippen LogP contribution in [0.25, 0.3) is 0 Å². The smallest absolute Gasteiger partial charge is 0.0815 e. The van der Waals surface area contributed by atoms with Gasteiger partial charge in [-0.1, -0.05) is 48.0 Å². The minimum absolute atomic E-state index is 0.373. The van der Waals surface area contributed by atoms with Crippen LogP contribution in [0.15, 0.2) is 59.7 Å². The highest BCUT2D eigenvalue weighted by Crippen LogP contribution is 2.15. The highest BCUT2D eigenvalue weighted by Gasteiger charge is 2.00. The summed E-state index contributed by atoms with van der Waals surface area (Å²) in [5.41, 5.74) is 11.3. The van der Waals surface area contributed by atoms with Crippen molar-refractivity contribution in [2.45, 2.75) is 0 Å². The summed E-state index contributed by atoms with van der Waals surface area (Å²) >= 11 is 5.90. The SMILES string of the molecule is NCC(=NNc1cccc(Cl)c1)c1ccccc1. The van der Waals surface area contributed by atoms with Gasteiger partial charge in [0, 0.05) is 11.6 Å². The molecule has 3 N–H and O–H groups in total. The highest BCUT2D eigenvalue weighted by atomic mass is 35.5. The Bertz CT molecular complexity index is 538. The van der Waals surface area contributed by atoms with Gasteiger partial charge in [-0.2, -0.15) is 5.10 Å². The average molecular weight is 260 g/mol. The van der Waals surface area contributed by atoms with Gasteiger partial charge >= 0.3 is 0 Å². The molecule has 0 aliphatic carbocycles. The first-order valence-electron chi connectivity index (χ1n) is 5.63. The summed E-state index contributed by atoms with van der Waals surface area (Å²) in [6.45, 7) is 0.373. The lowest BCUT2D eigenvalue weighted by Crippen LogP contribution is -2.16. The fraction of sp³-hybridized carbons (Fsp3) is 0.0714. The first-order valence-corrected chi connectivity index (χ1v) is 6.01. The molecule has 0 aromatic heterocycles. The molecule has 0 bridgehead atoms. The number of nitrogens with zero attached hydrogens (tertiary/aromatic N) is 1. The molecule has 2 rings (SSSR count). The van der Waals surface area contributed by atoms with Gasteiger partial charge in [0.05, 0.1) is 11.4 Å². The lowest BCUT2D eigenvalue weighted by atomic mass is 10.1. The van der Waals surface area contributed by atoms with Gasteiger partial charge in [-0.05, 0) is 23.8 Å². The maximum Gasteiger partial charge on any atom is 0.0815 e. The van der Waals surface area contributed by atoms with Gasteiger partial charge in [0.1, 0.15) is 0 Å². The van der Waals surface area contributed by atoms with E-state index in [4.69, 9.17) is 17.3 Å². The highest BCUT2D eigenvalue weighted by molar-refractivity contribution is 6.30. The Morgan fingerprint density at radius 2 is 1.89 bits per heavy atom. The zero-order valence-electron chi connectivity index (χ0n) is 9.81. The molecule has 0 spiro atoms. The van der Waals surface area contributed by atoms with Gasteiger partial charge in [0.25, 0.3) is 0 Å². The van der Waals surface area contributed by atoms with E-state index in [1.165, 1.54) is 0 Å². The van der Waals surface area contributed by atoms with E-state index in [1.807, 2.05) is 54.6 Å². The maximum absolute atomic E-state index is 5.90. The van der Waals surface area contributed by atoms with Gasteiger partial charge in [-0.3, -0.25) is 5.43 Å². The Hall–Kier alpha value is -1.84. The molecule has 3 nitrogen and oxygen atoms in total. The quantitative estimate of drug-likeness (QED) is 0.655. The fourth-order valence-electron chi connectivity index (χ4n) is 1.55. The zero-order chi connectivity index (χ0) is 12.8. The van der Waals surface area contributed by atoms with Crippen LogP contribution in [0, 0.1) is 0 Å². The molecule has 0 aliphatic heterocycles. The molecular formula is C14H14ClN3. The molecular weight excluding hydrogens is 246 g/mol. The molecule has 18 heavy (non-hydrogen) atoms. The van der Waals surface area contributed by atoms with Crippen LogP contribution in [0.2, 0.25) is 5.02 Å². The first-order chi connectivity index (χ1) is 8.79. The molecule has 0 amide bonds. The average Bonchev–Trinajstić information content (AvgIpc) is 2.41. The first kappa shape index (κ1) is 12.6. The summed E-state index contributed by atoms with van der Waals surface area (Å²) in [4.78, 5) is 0. The fourth-order valence-corrected chi connectivity index (χ4v) is 1.74. The Labute approximate surface area is 111 Å². The lowest BCUT2D eigenvalue weighted by molar-refractivity contribution is 1.24. The Morgan fingerprint density at radius 1 is 1.11 bits per heavy atom. The van der Waals surface area contributed by atoms with E-state index < -0.39 is 0 Å². The second-order valence-corrected chi connectivity index (χ2v) is 4.19. The number of benzene rings is 2. The minimum Gasteiger partial charge on any atom is -0.325 e. The third-order valence-corrected chi connectivity index (χ3v) is 2.68. The minimum atomic E-state index is 0.373. The molecule has 2 aromatic carbocycles. The van der Waals surface area contributed by atoms with Crippen LogP contribution < -0.4 is 11.2 Å². The largest absolute Gasteiger partial charge is 0.325 e. The normalized spacial score (nSPS) is 11.3. The second kappa shape index (κ2) is 6.19. The Kier molecular flexibility index (Phi) is 4.34. The number of halogens is 1. The van der Waals surface area contributed by atoms with Gasteiger partial charge < -0.3 is 5.73 Å². The predicted octanol–water partition coefficient (Wildman–Crippen LogP) is 3.11. The van der Waals surface area contributed by atoms with Crippen molar-refractivity contribution in [1.29, 1.82) is 0 Å². The number of nitrogens with one attached hydrogen (secondary N) is 1. The molecule has 0 heterocycles. The van der Waals surface area contributed by atoms with Crippen molar-refractivity contribution < 1.29 is 0 Å². The number of anilines is 1. The molecule has 4 heteroatoms. The van der Waals surface area contributed by atoms with Crippen LogP contribution in [0.5, 0.6) is 0 Å². The van der Waals surface area contributed by atoms with Gasteiger partial charge in [-0.25, -0.2) is 0 Å². The molecule has 0 unspecified atom stereocenters. The van der Waals surface area contributed by atoms with Crippen LogP contribution in [0.4, 0.5) is 5.69 Å². The van der Waals surface area contributed by atoms with Crippen molar-refractivity contribution in [3.05, 3.63) is 65.2 Å². The number of nitrogens with two attached hydrogens (primary N) is 1. The third kappa shape index (κ3) is 3.32. The number of hydrogen-bond donors (Lipinski definition) is 2. The van der Waals surface area contributed by atoms with Gasteiger partial charge in [-0.15, -0.1) is 0 Å². The summed E-state index contributed by atoms with van der Waals surface area (Å²) in [6, 6.07) is 17.2. The van der Waals surface area contributed by atoms with Crippen LogP contribution in [-0.4, -0.2) is 12.3 Å². The molecule has 0 saturated carbocycles. The van der Waals surface area contributed by atoms with E-state index in [9.17, 15) is 0 Å². The summed E-state index contributed by atoms with van der Waals surface area (Å²) in [6.07, 6.45) is 0. The van der Waals surface area contributed by atoms with Crippen molar-refractivity contribution in [1.82, 2.24) is 0 Å². The number of rotatable bonds is 4. The van der Waals surface area contributed by atoms with E-state index in [0.29, 0.717) is 11.6 Å². The van der Waals surface area contributed by atoms with Crippen molar-refractivity contribution in [2.24, 2.45) is 10.8 Å². The van der Waals surface area contributed by atoms with Crippen molar-refractivity contribution in [3.63, 3.8) is 0 Å². The second-order valence-electron chi connectivity index (χ2n) is 3.75. The zero-order valence-corrected chi connectivity index (χ0v) is 10.6. The number of hydrogen-bond acceptors (Lipinski definition) is 3. The van der Waals surface area contributed by atoms with Crippen molar-refractivity contribution >= 4 is 23.0 Å². The Balaban J connectivity index is 2.16. The standard InChI is InChI=1S/C14H14ClN3/c15-12-7-4-8-13(9-12)17-18-14(10-16)11-5-2-1-3-6-11/h1-9,17H,10,16H2. The van der Waals surface area contributed by atoms with Crippen LogP contribution in [0.1, 0.15) is 5.56 Å². The molecule has 2 aromatic rings. The molecule has 0 radical (unpaired) electrons. The van der Waals surface area contributed by atoms with E-state index in [0.717, 1.165) is 17.0 Å². The number of hydrazone groups is 1. The maximum atomic E-state index is 5.90. The molecule has 0 fully saturated rings. The monoisotopic (exact) mass is 259 g/mol. The summed E-state index contributed by atoms with van der Waals surface area (Å²) in [5.74, 6) is 0. The molecule has 0 atom stereocenters. The van der Waals surface area contributed by atoms with Crippen LogP contribution in [0.3, 0.4) is 0 Å². The Morgan fingerprint density at radius 3 is 2.56 bits per heavy atom. The third-order valence-electron chi connectivity index (χ3n) is 2.44. The van der Waals surface area contributed by atoms with E-state index in [2.05, 4.69) is 10.5 Å². The topological polar surface area (TPSA) is 50.4 Å². The summed E-state index contributed by atoms with van der Waals surface area (Å²) < 4.78 is 0. The van der Waals surface area contributed by atoms with Crippen LogP contribution >= 0.6 is 11.6 Å². The van der Waals surface area contributed by atoms with Crippen LogP contribution in [-0.2, 0) is 0 Å². The van der Waals surface area contributed by atoms with Gasteiger partial charge in [0.2, 0.25) is 0 Å². The van der Waals surface area contributed by atoms with E-state index in [1.54, 1.807) is 0 Å². The molecule has 0 saturated heterocycles. The van der Waals surface area contributed by atoms with E-state index >= 15 is 0 Å². The lowest BCUT2D eigenvalue weighted by Gasteiger charge is -2.06. The molecule has 0 aliphatic rings. The van der Waals surface area contributed by atoms with Crippen molar-refractivity contribution in [2.75, 3.05) is 12.0 Å². The van der Waals surface area contributed by atoms with E-state index in [-0.39, 0.29) is 0 Å².